The predicted molar refractivity (Wildman–Crippen MR) is 49.9 cm³/mol. The van der Waals surface area contributed by atoms with Crippen molar-refractivity contribution in [3.8, 4) is 6.07 Å². The topological polar surface area (TPSA) is 89.0 Å². The molecule has 0 unspecified atom stereocenters. The van der Waals surface area contributed by atoms with E-state index < -0.39 is 0 Å². The third-order valence-corrected chi connectivity index (χ3v) is 1.52. The maximum Gasteiger partial charge on any atom is 0.0992 e. The van der Waals surface area contributed by atoms with Gasteiger partial charge in [-0.3, -0.25) is 0 Å². The first-order chi connectivity index (χ1) is 6.80. The van der Waals surface area contributed by atoms with Crippen LogP contribution in [-0.4, -0.2) is 22.8 Å². The van der Waals surface area contributed by atoms with E-state index in [1.54, 1.807) is 18.2 Å². The van der Waals surface area contributed by atoms with Gasteiger partial charge in [0.2, 0.25) is 0 Å². The fraction of sp³-hybridized carbons (Fsp3) is 0. The maximum absolute atomic E-state index is 8.66. The van der Waals surface area contributed by atoms with Gasteiger partial charge in [0.25, 0.3) is 0 Å². The molecule has 5 heteroatoms. The first-order valence-electron chi connectivity index (χ1n) is 3.70. The first-order valence-corrected chi connectivity index (χ1v) is 3.70. The Balaban J connectivity index is 3.21. The van der Waals surface area contributed by atoms with Gasteiger partial charge in [-0.1, -0.05) is 10.3 Å². The van der Waals surface area contributed by atoms with Crippen molar-refractivity contribution in [2.75, 3.05) is 0 Å². The van der Waals surface area contributed by atoms with Gasteiger partial charge < -0.3 is 10.4 Å². The Kier molecular flexibility index (Phi) is 3.21. The van der Waals surface area contributed by atoms with Crippen LogP contribution in [0.5, 0.6) is 0 Å². The summed E-state index contributed by atoms with van der Waals surface area (Å²) in [5.74, 6) is 0. The van der Waals surface area contributed by atoms with Crippen LogP contribution in [0.3, 0.4) is 0 Å². The van der Waals surface area contributed by atoms with Gasteiger partial charge in [-0.2, -0.15) is 5.26 Å². The van der Waals surface area contributed by atoms with E-state index in [0.717, 1.165) is 0 Å². The number of nitriles is 1. The van der Waals surface area contributed by atoms with Crippen molar-refractivity contribution in [1.82, 2.24) is 0 Å². The molecule has 0 bridgehead atoms. The van der Waals surface area contributed by atoms with E-state index in [2.05, 4.69) is 10.3 Å². The maximum atomic E-state index is 8.66. The highest BCUT2D eigenvalue weighted by molar-refractivity contribution is 5.86. The molecule has 0 spiro atoms. The fourth-order valence-electron chi connectivity index (χ4n) is 1.02. The summed E-state index contributed by atoms with van der Waals surface area (Å²) in [6, 6.07) is 6.65. The quantitative estimate of drug-likeness (QED) is 0.415. The highest BCUT2D eigenvalue weighted by Crippen LogP contribution is 2.06. The summed E-state index contributed by atoms with van der Waals surface area (Å²) in [5.41, 5.74) is 1.51. The SMILES string of the molecule is N#Cc1cc(C=NO)cc(C=NO)c1. The van der Waals surface area contributed by atoms with Crippen molar-refractivity contribution in [2.45, 2.75) is 0 Å². The van der Waals surface area contributed by atoms with E-state index >= 15 is 0 Å². The zero-order valence-electron chi connectivity index (χ0n) is 7.12. The number of rotatable bonds is 2. The Morgan fingerprint density at radius 1 is 1.07 bits per heavy atom. The molecule has 1 aromatic carbocycles. The normalized spacial score (nSPS) is 10.8. The summed E-state index contributed by atoms with van der Waals surface area (Å²) in [6.07, 6.45) is 2.38. The molecule has 0 atom stereocenters. The second kappa shape index (κ2) is 4.62. The van der Waals surface area contributed by atoms with Crippen LogP contribution in [0.4, 0.5) is 0 Å². The van der Waals surface area contributed by atoms with Crippen LogP contribution in [-0.2, 0) is 0 Å². The molecular weight excluding hydrogens is 182 g/mol. The molecular formula is C9H7N3O2. The van der Waals surface area contributed by atoms with Crippen molar-refractivity contribution in [3.05, 3.63) is 34.9 Å². The van der Waals surface area contributed by atoms with Crippen LogP contribution in [0.15, 0.2) is 28.5 Å². The first kappa shape index (κ1) is 9.74. The minimum absolute atomic E-state index is 0.400. The van der Waals surface area contributed by atoms with Crippen LogP contribution in [0.25, 0.3) is 0 Å². The molecule has 0 saturated carbocycles. The lowest BCUT2D eigenvalue weighted by atomic mass is 10.1. The van der Waals surface area contributed by atoms with Crippen LogP contribution in [0.2, 0.25) is 0 Å². The molecule has 1 rings (SSSR count). The van der Waals surface area contributed by atoms with Gasteiger partial charge in [0, 0.05) is 0 Å². The molecule has 0 aromatic heterocycles. The highest BCUT2D eigenvalue weighted by atomic mass is 16.4. The summed E-state index contributed by atoms with van der Waals surface area (Å²) in [6.45, 7) is 0. The minimum Gasteiger partial charge on any atom is -0.411 e. The molecule has 14 heavy (non-hydrogen) atoms. The number of nitrogens with zero attached hydrogens (tertiary/aromatic N) is 3. The standard InChI is InChI=1S/C9H7N3O2/c10-4-7-1-8(5-11-13)3-9(2-7)6-12-14/h1-3,5-6,13-14H. The third kappa shape index (κ3) is 2.32. The number of oxime groups is 2. The van der Waals surface area contributed by atoms with E-state index in [4.69, 9.17) is 15.7 Å². The largest absolute Gasteiger partial charge is 0.411 e. The summed E-state index contributed by atoms with van der Waals surface area (Å²) in [5, 5.41) is 31.0. The Morgan fingerprint density at radius 3 is 1.93 bits per heavy atom. The molecule has 5 nitrogen and oxygen atoms in total. The van der Waals surface area contributed by atoms with Crippen LogP contribution in [0, 0.1) is 11.3 Å². The van der Waals surface area contributed by atoms with Crippen molar-refractivity contribution < 1.29 is 10.4 Å². The lowest BCUT2D eigenvalue weighted by Gasteiger charge is -1.96. The van der Waals surface area contributed by atoms with Crippen LogP contribution >= 0.6 is 0 Å². The fourth-order valence-corrected chi connectivity index (χ4v) is 1.02. The Bertz CT molecular complexity index is 388. The van der Waals surface area contributed by atoms with Crippen molar-refractivity contribution in [3.63, 3.8) is 0 Å². The molecule has 70 valence electrons. The molecule has 0 aliphatic rings. The van der Waals surface area contributed by atoms with Crippen molar-refractivity contribution in [1.29, 1.82) is 5.26 Å². The zero-order valence-corrected chi connectivity index (χ0v) is 7.12. The average molecular weight is 189 g/mol. The smallest absolute Gasteiger partial charge is 0.0992 e. The van der Waals surface area contributed by atoms with Gasteiger partial charge in [0.15, 0.2) is 0 Å². The summed E-state index contributed by atoms with van der Waals surface area (Å²) < 4.78 is 0. The minimum atomic E-state index is 0.400. The molecule has 0 aliphatic heterocycles. The van der Waals surface area contributed by atoms with E-state index in [1.165, 1.54) is 12.4 Å². The van der Waals surface area contributed by atoms with E-state index in [0.29, 0.717) is 16.7 Å². The summed E-state index contributed by atoms with van der Waals surface area (Å²) in [7, 11) is 0. The van der Waals surface area contributed by atoms with Gasteiger partial charge in [0.05, 0.1) is 24.1 Å². The molecule has 0 radical (unpaired) electrons. The number of hydrogen-bond acceptors (Lipinski definition) is 5. The summed E-state index contributed by atoms with van der Waals surface area (Å²) in [4.78, 5) is 0. The molecule has 0 amide bonds. The number of benzene rings is 1. The van der Waals surface area contributed by atoms with Gasteiger partial charge >= 0.3 is 0 Å². The lowest BCUT2D eigenvalue weighted by molar-refractivity contribution is 0.322. The van der Waals surface area contributed by atoms with E-state index in [1.807, 2.05) is 6.07 Å². The molecule has 2 N–H and O–H groups in total. The monoisotopic (exact) mass is 189 g/mol. The van der Waals surface area contributed by atoms with Gasteiger partial charge in [0.1, 0.15) is 0 Å². The van der Waals surface area contributed by atoms with Gasteiger partial charge in [-0.25, -0.2) is 0 Å². The van der Waals surface area contributed by atoms with Crippen molar-refractivity contribution in [2.24, 2.45) is 10.3 Å². The van der Waals surface area contributed by atoms with Gasteiger partial charge in [-0.15, -0.1) is 0 Å². The Hall–Kier alpha value is -2.35. The lowest BCUT2D eigenvalue weighted by Crippen LogP contribution is -1.89. The molecule has 0 heterocycles. The molecule has 1 aromatic rings. The Labute approximate surface area is 80.2 Å². The molecule has 0 fully saturated rings. The molecule has 0 saturated heterocycles. The van der Waals surface area contributed by atoms with Crippen LogP contribution < -0.4 is 0 Å². The Morgan fingerprint density at radius 2 is 1.57 bits per heavy atom. The highest BCUT2D eigenvalue weighted by Gasteiger charge is 1.97. The zero-order chi connectivity index (χ0) is 10.4. The van der Waals surface area contributed by atoms with Gasteiger partial charge in [-0.05, 0) is 29.3 Å². The second-order valence-electron chi connectivity index (χ2n) is 2.49. The van der Waals surface area contributed by atoms with E-state index in [-0.39, 0.29) is 0 Å². The third-order valence-electron chi connectivity index (χ3n) is 1.52. The second-order valence-corrected chi connectivity index (χ2v) is 2.49. The number of hydrogen-bond donors (Lipinski definition) is 2. The predicted octanol–water partition coefficient (Wildman–Crippen LogP) is 1.17. The van der Waals surface area contributed by atoms with Crippen LogP contribution in [0.1, 0.15) is 16.7 Å². The average Bonchev–Trinajstić information content (AvgIpc) is 2.18. The molecule has 0 aliphatic carbocycles. The summed E-state index contributed by atoms with van der Waals surface area (Å²) >= 11 is 0. The van der Waals surface area contributed by atoms with Crippen molar-refractivity contribution >= 4 is 12.4 Å². The van der Waals surface area contributed by atoms with E-state index in [9.17, 15) is 0 Å².